The number of aromatic nitrogens is 4. The van der Waals surface area contributed by atoms with Crippen LogP contribution in [-0.2, 0) is 0 Å². The Morgan fingerprint density at radius 3 is 2.96 bits per heavy atom. The smallest absolute Gasteiger partial charge is 0.271 e. The maximum atomic E-state index is 12.9. The zero-order valence-electron chi connectivity index (χ0n) is 14.2. The largest absolute Gasteiger partial charge is 0.335 e. The molecule has 6 heteroatoms. The highest BCUT2D eigenvalue weighted by Crippen LogP contribution is 2.24. The fraction of sp³-hybridized carbons (Fsp3) is 0.316. The third-order valence-corrected chi connectivity index (χ3v) is 4.81. The number of likely N-dealkylation sites (tertiary alicyclic amines) is 1. The van der Waals surface area contributed by atoms with E-state index < -0.39 is 0 Å². The van der Waals surface area contributed by atoms with Gasteiger partial charge in [0.1, 0.15) is 5.69 Å². The van der Waals surface area contributed by atoms with Crippen molar-refractivity contribution >= 4 is 5.91 Å². The van der Waals surface area contributed by atoms with E-state index in [1.54, 1.807) is 6.20 Å². The summed E-state index contributed by atoms with van der Waals surface area (Å²) >= 11 is 0. The Kier molecular flexibility index (Phi) is 4.09. The maximum absolute atomic E-state index is 12.9. The summed E-state index contributed by atoms with van der Waals surface area (Å²) in [5, 5.41) is 11.6. The minimum Gasteiger partial charge on any atom is -0.335 e. The van der Waals surface area contributed by atoms with E-state index in [-0.39, 0.29) is 11.9 Å². The molecule has 0 bridgehead atoms. The molecule has 1 aliphatic rings. The summed E-state index contributed by atoms with van der Waals surface area (Å²) in [5.41, 5.74) is 3.54. The number of carbonyl (C=O) groups excluding carboxylic acids is 1. The number of amides is 1. The van der Waals surface area contributed by atoms with Crippen molar-refractivity contribution in [3.05, 3.63) is 60.0 Å². The van der Waals surface area contributed by atoms with E-state index in [0.717, 1.165) is 36.2 Å². The van der Waals surface area contributed by atoms with Crippen molar-refractivity contribution in [1.82, 2.24) is 24.9 Å². The number of piperidine rings is 1. The van der Waals surface area contributed by atoms with Crippen LogP contribution < -0.4 is 0 Å². The summed E-state index contributed by atoms with van der Waals surface area (Å²) in [4.78, 5) is 14.8. The molecular weight excluding hydrogens is 314 g/mol. The van der Waals surface area contributed by atoms with E-state index in [1.807, 2.05) is 59.1 Å². The molecule has 1 N–H and O–H groups in total. The van der Waals surface area contributed by atoms with Crippen LogP contribution in [-0.4, -0.2) is 43.9 Å². The highest BCUT2D eigenvalue weighted by Gasteiger charge is 2.26. The van der Waals surface area contributed by atoms with E-state index >= 15 is 0 Å². The van der Waals surface area contributed by atoms with Gasteiger partial charge in [-0.25, -0.2) is 0 Å². The molecule has 4 rings (SSSR count). The Morgan fingerprint density at radius 2 is 2.16 bits per heavy atom. The van der Waals surface area contributed by atoms with Crippen LogP contribution in [0.1, 0.15) is 34.9 Å². The molecule has 0 unspecified atom stereocenters. The van der Waals surface area contributed by atoms with Crippen LogP contribution in [0.15, 0.2) is 48.8 Å². The Morgan fingerprint density at radius 1 is 1.28 bits per heavy atom. The first-order valence-electron chi connectivity index (χ1n) is 8.62. The Labute approximate surface area is 146 Å². The van der Waals surface area contributed by atoms with E-state index in [2.05, 4.69) is 15.3 Å². The van der Waals surface area contributed by atoms with Crippen molar-refractivity contribution in [3.8, 4) is 11.3 Å². The first-order chi connectivity index (χ1) is 12.2. The van der Waals surface area contributed by atoms with Crippen LogP contribution in [0.5, 0.6) is 0 Å². The second kappa shape index (κ2) is 6.55. The molecule has 1 aromatic carbocycles. The fourth-order valence-corrected chi connectivity index (χ4v) is 3.45. The second-order valence-electron chi connectivity index (χ2n) is 6.52. The molecule has 1 aliphatic heterocycles. The zero-order chi connectivity index (χ0) is 17.2. The molecule has 0 aliphatic carbocycles. The van der Waals surface area contributed by atoms with Gasteiger partial charge < -0.3 is 4.90 Å². The van der Waals surface area contributed by atoms with E-state index in [0.29, 0.717) is 12.2 Å². The molecule has 0 spiro atoms. The monoisotopic (exact) mass is 335 g/mol. The first-order valence-corrected chi connectivity index (χ1v) is 8.62. The molecule has 6 nitrogen and oxygen atoms in total. The number of aryl methyl sites for hydroxylation is 1. The highest BCUT2D eigenvalue weighted by atomic mass is 16.2. The summed E-state index contributed by atoms with van der Waals surface area (Å²) in [6, 6.07) is 12.1. The SMILES string of the molecule is Cc1ccccc1-c1cc(C(=O)N2CCC[C@H](n3cccn3)C2)[nH]n1. The van der Waals surface area contributed by atoms with Gasteiger partial charge in [0.2, 0.25) is 0 Å². The van der Waals surface area contributed by atoms with Gasteiger partial charge in [0.05, 0.1) is 11.7 Å². The Hall–Kier alpha value is -2.89. The van der Waals surface area contributed by atoms with Crippen molar-refractivity contribution in [2.75, 3.05) is 13.1 Å². The van der Waals surface area contributed by atoms with Crippen molar-refractivity contribution < 1.29 is 4.79 Å². The maximum Gasteiger partial charge on any atom is 0.271 e. The number of nitrogens with one attached hydrogen (secondary N) is 1. The number of H-pyrrole nitrogens is 1. The van der Waals surface area contributed by atoms with Crippen LogP contribution in [0, 0.1) is 6.92 Å². The number of nitrogens with zero attached hydrogens (tertiary/aromatic N) is 4. The zero-order valence-corrected chi connectivity index (χ0v) is 14.2. The van der Waals surface area contributed by atoms with E-state index in [4.69, 9.17) is 0 Å². The number of hydrogen-bond acceptors (Lipinski definition) is 3. The van der Waals surface area contributed by atoms with Crippen molar-refractivity contribution in [2.24, 2.45) is 0 Å². The third-order valence-electron chi connectivity index (χ3n) is 4.81. The van der Waals surface area contributed by atoms with Crippen molar-refractivity contribution in [2.45, 2.75) is 25.8 Å². The van der Waals surface area contributed by atoms with Gasteiger partial charge in [-0.05, 0) is 37.5 Å². The third kappa shape index (κ3) is 3.07. The van der Waals surface area contributed by atoms with Crippen LogP contribution in [0.4, 0.5) is 0 Å². The van der Waals surface area contributed by atoms with Crippen LogP contribution >= 0.6 is 0 Å². The number of carbonyl (C=O) groups is 1. The summed E-state index contributed by atoms with van der Waals surface area (Å²) in [6.07, 6.45) is 5.77. The second-order valence-corrected chi connectivity index (χ2v) is 6.52. The average molecular weight is 335 g/mol. The van der Waals surface area contributed by atoms with Gasteiger partial charge in [0.25, 0.3) is 5.91 Å². The molecule has 0 saturated carbocycles. The molecule has 1 atom stereocenters. The minimum absolute atomic E-state index is 0.00388. The van der Waals surface area contributed by atoms with Crippen LogP contribution in [0.2, 0.25) is 0 Å². The lowest BCUT2D eigenvalue weighted by atomic mass is 10.0. The van der Waals surface area contributed by atoms with Gasteiger partial charge in [0, 0.05) is 31.0 Å². The molecule has 1 fully saturated rings. The lowest BCUT2D eigenvalue weighted by Crippen LogP contribution is -2.41. The summed E-state index contributed by atoms with van der Waals surface area (Å²) in [5.74, 6) is 0.00388. The molecular formula is C19H21N5O. The average Bonchev–Trinajstić information content (AvgIpc) is 3.34. The molecule has 3 heterocycles. The minimum atomic E-state index is 0.00388. The molecule has 2 aromatic heterocycles. The molecule has 0 radical (unpaired) electrons. The number of benzene rings is 1. The van der Waals surface area contributed by atoms with Gasteiger partial charge in [-0.1, -0.05) is 24.3 Å². The Balaban J connectivity index is 1.52. The van der Waals surface area contributed by atoms with Gasteiger partial charge in [-0.3, -0.25) is 14.6 Å². The summed E-state index contributed by atoms with van der Waals surface area (Å²) in [7, 11) is 0. The van der Waals surface area contributed by atoms with E-state index in [1.165, 1.54) is 0 Å². The molecule has 1 saturated heterocycles. The van der Waals surface area contributed by atoms with Crippen LogP contribution in [0.25, 0.3) is 11.3 Å². The molecule has 25 heavy (non-hydrogen) atoms. The fourth-order valence-electron chi connectivity index (χ4n) is 3.45. The Bertz CT molecular complexity index is 868. The normalized spacial score (nSPS) is 17.6. The molecule has 3 aromatic rings. The van der Waals surface area contributed by atoms with Gasteiger partial charge >= 0.3 is 0 Å². The van der Waals surface area contributed by atoms with Gasteiger partial charge in [-0.2, -0.15) is 10.2 Å². The highest BCUT2D eigenvalue weighted by molar-refractivity contribution is 5.93. The van der Waals surface area contributed by atoms with Crippen LogP contribution in [0.3, 0.4) is 0 Å². The molecule has 1 amide bonds. The molecule has 128 valence electrons. The lowest BCUT2D eigenvalue weighted by Gasteiger charge is -2.32. The number of aromatic amines is 1. The van der Waals surface area contributed by atoms with E-state index in [9.17, 15) is 4.79 Å². The lowest BCUT2D eigenvalue weighted by molar-refractivity contribution is 0.0667. The summed E-state index contributed by atoms with van der Waals surface area (Å²) in [6.45, 7) is 3.50. The van der Waals surface area contributed by atoms with Crippen molar-refractivity contribution in [3.63, 3.8) is 0 Å². The predicted octanol–water partition coefficient (Wildman–Crippen LogP) is 3.06. The van der Waals surface area contributed by atoms with Gasteiger partial charge in [0.15, 0.2) is 0 Å². The summed E-state index contributed by atoms with van der Waals surface area (Å²) < 4.78 is 1.95. The quantitative estimate of drug-likeness (QED) is 0.800. The number of hydrogen-bond donors (Lipinski definition) is 1. The van der Waals surface area contributed by atoms with Crippen molar-refractivity contribution in [1.29, 1.82) is 0 Å². The first kappa shape index (κ1) is 15.6. The standard InChI is InChI=1S/C19H21N5O/c1-14-6-2-3-8-16(14)17-12-18(22-21-17)19(25)23-10-4-7-15(13-23)24-11-5-9-20-24/h2-3,5-6,8-9,11-12,15H,4,7,10,13H2,1H3,(H,21,22)/t15-/m0/s1. The number of rotatable bonds is 3. The topological polar surface area (TPSA) is 66.8 Å². The van der Waals surface area contributed by atoms with Gasteiger partial charge in [-0.15, -0.1) is 0 Å². The predicted molar refractivity (Wildman–Crippen MR) is 95.2 cm³/mol.